The second-order valence-electron chi connectivity index (χ2n) is 4.30. The van der Waals surface area contributed by atoms with E-state index in [-0.39, 0.29) is 11.9 Å². The Labute approximate surface area is 102 Å². The number of nitrogens with one attached hydrogen (secondary N) is 1. The van der Waals surface area contributed by atoms with E-state index in [1.54, 1.807) is 4.90 Å². The lowest BCUT2D eigenvalue weighted by atomic mass is 9.96. The average molecular weight is 230 g/mol. The van der Waals surface area contributed by atoms with Gasteiger partial charge in [0.2, 0.25) is 5.91 Å². The predicted molar refractivity (Wildman–Crippen MR) is 70.0 cm³/mol. The van der Waals surface area contributed by atoms with E-state index in [1.807, 2.05) is 31.3 Å². The Kier molecular flexibility index (Phi) is 3.59. The molecule has 17 heavy (non-hydrogen) atoms. The van der Waals surface area contributed by atoms with Crippen molar-refractivity contribution in [1.82, 2.24) is 5.32 Å². The molecule has 0 saturated heterocycles. The quantitative estimate of drug-likeness (QED) is 0.635. The Balaban J connectivity index is 2.21. The summed E-state index contributed by atoms with van der Waals surface area (Å²) in [6.45, 7) is 4.56. The van der Waals surface area contributed by atoms with Crippen LogP contribution in [0.15, 0.2) is 36.9 Å². The molecule has 1 aliphatic rings. The van der Waals surface area contributed by atoms with E-state index in [1.165, 1.54) is 5.56 Å². The number of para-hydroxylation sites is 1. The Hall–Kier alpha value is -1.61. The van der Waals surface area contributed by atoms with Crippen molar-refractivity contribution in [1.29, 1.82) is 0 Å². The van der Waals surface area contributed by atoms with E-state index < -0.39 is 0 Å². The minimum absolute atomic E-state index is 0.134. The Morgan fingerprint density at radius 1 is 1.53 bits per heavy atom. The lowest BCUT2D eigenvalue weighted by Crippen LogP contribution is -2.38. The molecule has 0 fully saturated rings. The highest BCUT2D eigenvalue weighted by Crippen LogP contribution is 2.33. The van der Waals surface area contributed by atoms with Gasteiger partial charge >= 0.3 is 0 Å². The summed E-state index contributed by atoms with van der Waals surface area (Å²) < 4.78 is 0. The monoisotopic (exact) mass is 230 g/mol. The van der Waals surface area contributed by atoms with Gasteiger partial charge in [-0.25, -0.2) is 0 Å². The van der Waals surface area contributed by atoms with Gasteiger partial charge in [-0.15, -0.1) is 6.58 Å². The summed E-state index contributed by atoms with van der Waals surface area (Å²) in [6.07, 6.45) is 3.34. The fraction of sp³-hybridized carbons (Fsp3) is 0.357. The largest absolute Gasteiger partial charge is 0.315 e. The second-order valence-corrected chi connectivity index (χ2v) is 4.30. The Bertz CT molecular complexity index is 428. The third kappa shape index (κ3) is 2.39. The van der Waals surface area contributed by atoms with Crippen LogP contribution in [0.3, 0.4) is 0 Å². The van der Waals surface area contributed by atoms with Gasteiger partial charge in [-0.05, 0) is 24.6 Å². The van der Waals surface area contributed by atoms with E-state index in [2.05, 4.69) is 18.0 Å². The van der Waals surface area contributed by atoms with Crippen LogP contribution in [0.25, 0.3) is 0 Å². The normalized spacial score (nSPS) is 19.0. The number of benzene rings is 1. The van der Waals surface area contributed by atoms with E-state index >= 15 is 0 Å². The van der Waals surface area contributed by atoms with E-state index in [0.29, 0.717) is 6.42 Å². The van der Waals surface area contributed by atoms with Gasteiger partial charge in [0.1, 0.15) is 0 Å². The summed E-state index contributed by atoms with van der Waals surface area (Å²) >= 11 is 0. The SMILES string of the molecule is C=CCCNC1CC(=O)N(C)c2ccccc21. The Morgan fingerprint density at radius 3 is 3.06 bits per heavy atom. The van der Waals surface area contributed by atoms with E-state index in [0.717, 1.165) is 18.7 Å². The zero-order chi connectivity index (χ0) is 12.3. The first-order valence-electron chi connectivity index (χ1n) is 5.94. The molecule has 1 unspecified atom stereocenters. The molecule has 1 atom stereocenters. The summed E-state index contributed by atoms with van der Waals surface area (Å²) in [5.74, 6) is 0.166. The number of fused-ring (bicyclic) bond motifs is 1. The molecule has 1 N–H and O–H groups in total. The standard InChI is InChI=1S/C14H18N2O/c1-3-4-9-15-12-10-14(17)16(2)13-8-6-5-7-11(12)13/h3,5-8,12,15H,1,4,9-10H2,2H3. The van der Waals surface area contributed by atoms with Crippen molar-refractivity contribution in [2.75, 3.05) is 18.5 Å². The van der Waals surface area contributed by atoms with Gasteiger partial charge in [0.05, 0.1) is 0 Å². The molecule has 3 nitrogen and oxygen atoms in total. The molecule has 0 bridgehead atoms. The zero-order valence-corrected chi connectivity index (χ0v) is 10.1. The van der Waals surface area contributed by atoms with Crippen molar-refractivity contribution in [3.8, 4) is 0 Å². The summed E-state index contributed by atoms with van der Waals surface area (Å²) in [5, 5.41) is 3.41. The molecule has 90 valence electrons. The number of hydrogen-bond donors (Lipinski definition) is 1. The molecule has 1 amide bonds. The zero-order valence-electron chi connectivity index (χ0n) is 10.1. The van der Waals surface area contributed by atoms with Crippen LogP contribution in [0.1, 0.15) is 24.4 Å². The molecular weight excluding hydrogens is 212 g/mol. The maximum absolute atomic E-state index is 11.9. The molecule has 0 aliphatic carbocycles. The molecule has 0 spiro atoms. The first-order chi connectivity index (χ1) is 8.24. The number of anilines is 1. The van der Waals surface area contributed by atoms with Crippen LogP contribution < -0.4 is 10.2 Å². The molecule has 3 heteroatoms. The molecule has 0 radical (unpaired) electrons. The maximum atomic E-state index is 11.9. The number of carbonyl (C=O) groups excluding carboxylic acids is 1. The van der Waals surface area contributed by atoms with Crippen molar-refractivity contribution in [3.05, 3.63) is 42.5 Å². The fourth-order valence-corrected chi connectivity index (χ4v) is 2.19. The fourth-order valence-electron chi connectivity index (χ4n) is 2.19. The van der Waals surface area contributed by atoms with Crippen LogP contribution in [-0.4, -0.2) is 19.5 Å². The van der Waals surface area contributed by atoms with Gasteiger partial charge in [-0.3, -0.25) is 4.79 Å². The summed E-state index contributed by atoms with van der Waals surface area (Å²) in [4.78, 5) is 13.6. The smallest absolute Gasteiger partial charge is 0.228 e. The van der Waals surface area contributed by atoms with E-state index in [4.69, 9.17) is 0 Å². The molecule has 0 aromatic heterocycles. The highest BCUT2D eigenvalue weighted by Gasteiger charge is 2.27. The highest BCUT2D eigenvalue weighted by atomic mass is 16.2. The van der Waals surface area contributed by atoms with Gasteiger partial charge in [0.25, 0.3) is 0 Å². The van der Waals surface area contributed by atoms with Crippen LogP contribution in [0, 0.1) is 0 Å². The van der Waals surface area contributed by atoms with Crippen molar-refractivity contribution in [2.24, 2.45) is 0 Å². The van der Waals surface area contributed by atoms with Gasteiger partial charge in [0.15, 0.2) is 0 Å². The molecule has 1 aromatic rings. The van der Waals surface area contributed by atoms with Crippen LogP contribution in [-0.2, 0) is 4.79 Å². The third-order valence-corrected chi connectivity index (χ3v) is 3.17. The van der Waals surface area contributed by atoms with Gasteiger partial charge in [-0.1, -0.05) is 24.3 Å². The van der Waals surface area contributed by atoms with Gasteiger partial charge in [0, 0.05) is 25.2 Å². The molecule has 1 aromatic carbocycles. The number of hydrogen-bond acceptors (Lipinski definition) is 2. The van der Waals surface area contributed by atoms with Crippen molar-refractivity contribution in [2.45, 2.75) is 18.9 Å². The summed E-state index contributed by atoms with van der Waals surface area (Å²) in [6, 6.07) is 8.20. The summed E-state index contributed by atoms with van der Waals surface area (Å²) in [5.41, 5.74) is 2.22. The van der Waals surface area contributed by atoms with Gasteiger partial charge in [-0.2, -0.15) is 0 Å². The third-order valence-electron chi connectivity index (χ3n) is 3.17. The molecule has 1 aliphatic heterocycles. The first kappa shape index (κ1) is 11.9. The first-order valence-corrected chi connectivity index (χ1v) is 5.94. The lowest BCUT2D eigenvalue weighted by Gasteiger charge is -2.32. The van der Waals surface area contributed by atoms with Crippen molar-refractivity contribution >= 4 is 11.6 Å². The number of carbonyl (C=O) groups is 1. The van der Waals surface area contributed by atoms with Crippen LogP contribution in [0.4, 0.5) is 5.69 Å². The second kappa shape index (κ2) is 5.15. The number of amides is 1. The number of rotatable bonds is 4. The molecule has 1 heterocycles. The van der Waals surface area contributed by atoms with Crippen molar-refractivity contribution in [3.63, 3.8) is 0 Å². The Morgan fingerprint density at radius 2 is 2.29 bits per heavy atom. The predicted octanol–water partition coefficient (Wildman–Crippen LogP) is 2.26. The topological polar surface area (TPSA) is 32.3 Å². The van der Waals surface area contributed by atoms with Crippen LogP contribution in [0.5, 0.6) is 0 Å². The van der Waals surface area contributed by atoms with E-state index in [9.17, 15) is 4.79 Å². The van der Waals surface area contributed by atoms with Gasteiger partial charge < -0.3 is 10.2 Å². The minimum Gasteiger partial charge on any atom is -0.315 e. The average Bonchev–Trinajstić information content (AvgIpc) is 2.36. The maximum Gasteiger partial charge on any atom is 0.228 e. The number of nitrogens with zero attached hydrogens (tertiary/aromatic N) is 1. The summed E-state index contributed by atoms with van der Waals surface area (Å²) in [7, 11) is 1.83. The van der Waals surface area contributed by atoms with Crippen LogP contribution >= 0.6 is 0 Å². The molecular formula is C14H18N2O. The minimum atomic E-state index is 0.134. The lowest BCUT2D eigenvalue weighted by molar-refractivity contribution is -0.119. The van der Waals surface area contributed by atoms with Crippen molar-refractivity contribution < 1.29 is 4.79 Å². The van der Waals surface area contributed by atoms with Crippen LogP contribution in [0.2, 0.25) is 0 Å². The molecule has 2 rings (SSSR count). The molecule has 0 saturated carbocycles. The highest BCUT2D eigenvalue weighted by molar-refractivity contribution is 5.96.